The first kappa shape index (κ1) is 14.6. The van der Waals surface area contributed by atoms with E-state index in [1.165, 1.54) is 10.9 Å². The molecule has 2 heterocycles. The van der Waals surface area contributed by atoms with E-state index in [4.69, 9.17) is 9.15 Å². The zero-order valence-electron chi connectivity index (χ0n) is 13.1. The van der Waals surface area contributed by atoms with Crippen molar-refractivity contribution in [1.29, 1.82) is 0 Å². The predicted molar refractivity (Wildman–Crippen MR) is 84.3 cm³/mol. The second kappa shape index (κ2) is 6.18. The lowest BCUT2D eigenvalue weighted by Crippen LogP contribution is -2.46. The van der Waals surface area contributed by atoms with Crippen molar-refractivity contribution in [2.24, 2.45) is 0 Å². The number of morpholine rings is 1. The monoisotopic (exact) mass is 288 g/mol. The Bertz CT molecular complexity index is 608. The molecule has 4 nitrogen and oxygen atoms in total. The summed E-state index contributed by atoms with van der Waals surface area (Å²) >= 11 is 0. The van der Waals surface area contributed by atoms with Crippen LogP contribution in [-0.4, -0.2) is 37.2 Å². The second-order valence-electron chi connectivity index (χ2n) is 5.95. The van der Waals surface area contributed by atoms with Gasteiger partial charge in [-0.05, 0) is 27.0 Å². The zero-order valence-corrected chi connectivity index (χ0v) is 13.1. The first-order chi connectivity index (χ1) is 10.2. The van der Waals surface area contributed by atoms with E-state index in [0.717, 1.165) is 37.6 Å². The topological polar surface area (TPSA) is 37.6 Å². The van der Waals surface area contributed by atoms with Gasteiger partial charge >= 0.3 is 0 Å². The van der Waals surface area contributed by atoms with Crippen LogP contribution in [0.25, 0.3) is 11.0 Å². The fourth-order valence-electron chi connectivity index (χ4n) is 3.02. The molecule has 114 valence electrons. The summed E-state index contributed by atoms with van der Waals surface area (Å²) in [5.41, 5.74) is 2.28. The SMILES string of the molecule is CNCc1oc2ccccc2c1CN1CC(C)OCC1C. The normalized spacial score (nSPS) is 23.8. The van der Waals surface area contributed by atoms with Crippen LogP contribution in [0.3, 0.4) is 0 Å². The molecule has 4 heteroatoms. The van der Waals surface area contributed by atoms with E-state index in [9.17, 15) is 0 Å². The summed E-state index contributed by atoms with van der Waals surface area (Å²) in [4.78, 5) is 2.49. The number of furan rings is 1. The van der Waals surface area contributed by atoms with E-state index in [0.29, 0.717) is 12.1 Å². The molecule has 1 N–H and O–H groups in total. The molecule has 2 aromatic rings. The third kappa shape index (κ3) is 2.98. The van der Waals surface area contributed by atoms with E-state index < -0.39 is 0 Å². The van der Waals surface area contributed by atoms with E-state index in [1.54, 1.807) is 0 Å². The van der Waals surface area contributed by atoms with Gasteiger partial charge < -0.3 is 14.5 Å². The van der Waals surface area contributed by atoms with Gasteiger partial charge in [-0.1, -0.05) is 18.2 Å². The molecular formula is C17H24N2O2. The molecule has 0 radical (unpaired) electrons. The Morgan fingerprint density at radius 3 is 2.90 bits per heavy atom. The predicted octanol–water partition coefficient (Wildman–Crippen LogP) is 2.76. The fourth-order valence-corrected chi connectivity index (χ4v) is 3.02. The largest absolute Gasteiger partial charge is 0.459 e. The fraction of sp³-hybridized carbons (Fsp3) is 0.529. The molecule has 0 saturated carbocycles. The minimum atomic E-state index is 0.298. The van der Waals surface area contributed by atoms with Crippen molar-refractivity contribution in [2.75, 3.05) is 20.2 Å². The lowest BCUT2D eigenvalue weighted by molar-refractivity contribution is -0.0527. The summed E-state index contributed by atoms with van der Waals surface area (Å²) in [6.45, 7) is 7.83. The third-order valence-electron chi connectivity index (χ3n) is 4.22. The Morgan fingerprint density at radius 1 is 1.29 bits per heavy atom. The number of nitrogens with one attached hydrogen (secondary N) is 1. The van der Waals surface area contributed by atoms with E-state index >= 15 is 0 Å². The molecule has 1 aliphatic rings. The summed E-state index contributed by atoms with van der Waals surface area (Å²) in [6.07, 6.45) is 0.298. The minimum Gasteiger partial charge on any atom is -0.459 e. The van der Waals surface area contributed by atoms with Gasteiger partial charge in [0.25, 0.3) is 0 Å². The third-order valence-corrected chi connectivity index (χ3v) is 4.22. The van der Waals surface area contributed by atoms with Crippen LogP contribution in [-0.2, 0) is 17.8 Å². The lowest BCUT2D eigenvalue weighted by Gasteiger charge is -2.36. The second-order valence-corrected chi connectivity index (χ2v) is 5.95. The Hall–Kier alpha value is -1.36. The molecule has 1 aromatic carbocycles. The average molecular weight is 288 g/mol. The smallest absolute Gasteiger partial charge is 0.134 e. The van der Waals surface area contributed by atoms with Crippen LogP contribution in [0.4, 0.5) is 0 Å². The minimum absolute atomic E-state index is 0.298. The number of fused-ring (bicyclic) bond motifs is 1. The van der Waals surface area contributed by atoms with Crippen molar-refractivity contribution >= 4 is 11.0 Å². The van der Waals surface area contributed by atoms with Crippen LogP contribution in [0.1, 0.15) is 25.2 Å². The van der Waals surface area contributed by atoms with Crippen LogP contribution in [0.15, 0.2) is 28.7 Å². The van der Waals surface area contributed by atoms with Gasteiger partial charge in [-0.3, -0.25) is 4.90 Å². The van der Waals surface area contributed by atoms with E-state index in [-0.39, 0.29) is 0 Å². The van der Waals surface area contributed by atoms with Crippen molar-refractivity contribution in [3.8, 4) is 0 Å². The molecule has 1 aliphatic heterocycles. The van der Waals surface area contributed by atoms with Crippen LogP contribution in [0, 0.1) is 0 Å². The van der Waals surface area contributed by atoms with Crippen LogP contribution >= 0.6 is 0 Å². The van der Waals surface area contributed by atoms with Gasteiger partial charge in [-0.2, -0.15) is 0 Å². The van der Waals surface area contributed by atoms with Gasteiger partial charge in [-0.15, -0.1) is 0 Å². The van der Waals surface area contributed by atoms with Crippen molar-refractivity contribution in [3.63, 3.8) is 0 Å². The first-order valence-electron chi connectivity index (χ1n) is 7.68. The highest BCUT2D eigenvalue weighted by Gasteiger charge is 2.25. The van der Waals surface area contributed by atoms with Crippen molar-refractivity contribution in [2.45, 2.75) is 39.1 Å². The van der Waals surface area contributed by atoms with Crippen molar-refractivity contribution in [1.82, 2.24) is 10.2 Å². The van der Waals surface area contributed by atoms with Gasteiger partial charge in [0, 0.05) is 30.1 Å². The Morgan fingerprint density at radius 2 is 2.10 bits per heavy atom. The first-order valence-corrected chi connectivity index (χ1v) is 7.68. The highest BCUT2D eigenvalue weighted by atomic mass is 16.5. The van der Waals surface area contributed by atoms with Crippen LogP contribution in [0.5, 0.6) is 0 Å². The highest BCUT2D eigenvalue weighted by molar-refractivity contribution is 5.82. The Kier molecular flexibility index (Phi) is 4.29. The van der Waals surface area contributed by atoms with E-state index in [2.05, 4.69) is 36.2 Å². The Labute approximate surface area is 126 Å². The molecule has 2 atom stereocenters. The molecule has 21 heavy (non-hydrogen) atoms. The summed E-state index contributed by atoms with van der Waals surface area (Å²) in [5.74, 6) is 1.05. The van der Waals surface area contributed by atoms with Gasteiger partial charge in [-0.25, -0.2) is 0 Å². The average Bonchev–Trinajstić information content (AvgIpc) is 2.81. The molecule has 3 rings (SSSR count). The standard InChI is InChI=1S/C17H24N2O2/c1-12-11-20-13(2)9-19(12)10-15-14-6-4-5-7-16(14)21-17(15)8-18-3/h4-7,12-13,18H,8-11H2,1-3H3. The maximum atomic E-state index is 6.02. The quantitative estimate of drug-likeness (QED) is 0.939. The summed E-state index contributed by atoms with van der Waals surface area (Å²) in [6, 6.07) is 8.75. The lowest BCUT2D eigenvalue weighted by atomic mass is 10.1. The molecule has 0 aliphatic carbocycles. The summed E-state index contributed by atoms with van der Waals surface area (Å²) in [7, 11) is 1.95. The summed E-state index contributed by atoms with van der Waals surface area (Å²) in [5, 5.41) is 4.44. The highest BCUT2D eigenvalue weighted by Crippen LogP contribution is 2.28. The van der Waals surface area contributed by atoms with Crippen molar-refractivity contribution in [3.05, 3.63) is 35.6 Å². The maximum Gasteiger partial charge on any atom is 0.134 e. The molecule has 1 aromatic heterocycles. The zero-order chi connectivity index (χ0) is 14.8. The van der Waals surface area contributed by atoms with Gasteiger partial charge in [0.1, 0.15) is 11.3 Å². The number of hydrogen-bond acceptors (Lipinski definition) is 4. The number of ether oxygens (including phenoxy) is 1. The number of benzene rings is 1. The number of para-hydroxylation sites is 1. The number of nitrogens with zero attached hydrogens (tertiary/aromatic N) is 1. The summed E-state index contributed by atoms with van der Waals surface area (Å²) < 4.78 is 11.8. The molecule has 0 spiro atoms. The van der Waals surface area contributed by atoms with E-state index in [1.807, 2.05) is 19.2 Å². The molecule has 1 saturated heterocycles. The molecule has 0 amide bonds. The van der Waals surface area contributed by atoms with Gasteiger partial charge in [0.05, 0.1) is 19.3 Å². The molecule has 0 bridgehead atoms. The van der Waals surface area contributed by atoms with Gasteiger partial charge in [0.2, 0.25) is 0 Å². The van der Waals surface area contributed by atoms with Crippen LogP contribution in [0.2, 0.25) is 0 Å². The Balaban J connectivity index is 1.92. The molecule has 1 fully saturated rings. The number of hydrogen-bond donors (Lipinski definition) is 1. The molecule has 2 unspecified atom stereocenters. The number of rotatable bonds is 4. The molecular weight excluding hydrogens is 264 g/mol. The van der Waals surface area contributed by atoms with Gasteiger partial charge in [0.15, 0.2) is 0 Å². The van der Waals surface area contributed by atoms with Crippen LogP contribution < -0.4 is 5.32 Å². The maximum absolute atomic E-state index is 6.02. The van der Waals surface area contributed by atoms with Crippen molar-refractivity contribution < 1.29 is 9.15 Å².